The number of hydrogen-bond donors (Lipinski definition) is 0. The summed E-state index contributed by atoms with van der Waals surface area (Å²) in [5.74, 6) is -0.0337. The van der Waals surface area contributed by atoms with E-state index in [1.165, 1.54) is 4.90 Å². The number of para-hydroxylation sites is 1. The third-order valence-electron chi connectivity index (χ3n) is 4.06. The molecule has 23 heavy (non-hydrogen) atoms. The summed E-state index contributed by atoms with van der Waals surface area (Å²) in [7, 11) is 0. The number of anilines is 1. The van der Waals surface area contributed by atoms with Crippen LogP contribution in [0.5, 0.6) is 0 Å². The van der Waals surface area contributed by atoms with Crippen molar-refractivity contribution in [3.63, 3.8) is 0 Å². The molecular weight excluding hydrogens is 290 g/mol. The lowest BCUT2D eigenvalue weighted by molar-refractivity contribution is 0.0926. The summed E-state index contributed by atoms with van der Waals surface area (Å²) in [4.78, 5) is 26.9. The zero-order valence-electron chi connectivity index (χ0n) is 12.4. The van der Waals surface area contributed by atoms with Gasteiger partial charge in [-0.3, -0.25) is 9.59 Å². The fourth-order valence-electron chi connectivity index (χ4n) is 2.96. The Morgan fingerprint density at radius 2 is 1.61 bits per heavy atom. The molecule has 0 aliphatic carbocycles. The van der Waals surface area contributed by atoms with Crippen LogP contribution in [0.15, 0.2) is 65.3 Å². The number of imide groups is 1. The van der Waals surface area contributed by atoms with E-state index in [9.17, 15) is 9.59 Å². The molecule has 0 unspecified atom stereocenters. The first-order valence-electron chi connectivity index (χ1n) is 7.30. The van der Waals surface area contributed by atoms with Crippen molar-refractivity contribution in [2.45, 2.75) is 6.92 Å². The van der Waals surface area contributed by atoms with Gasteiger partial charge in [-0.2, -0.15) is 0 Å². The molecule has 1 aromatic heterocycles. The van der Waals surface area contributed by atoms with Crippen LogP contribution in [0.4, 0.5) is 5.69 Å². The number of carbonyl (C=O) groups excluding carboxylic acids is 2. The SMILES string of the molecule is Cc1ccccc1N1C(=O)c2cccc(-c3ccco3)c2C1=O. The van der Waals surface area contributed by atoms with Crippen LogP contribution in [-0.4, -0.2) is 11.8 Å². The first-order chi connectivity index (χ1) is 11.2. The van der Waals surface area contributed by atoms with Gasteiger partial charge in [-0.15, -0.1) is 0 Å². The fraction of sp³-hybridized carbons (Fsp3) is 0.0526. The highest BCUT2D eigenvalue weighted by atomic mass is 16.3. The maximum absolute atomic E-state index is 12.9. The molecule has 4 rings (SSSR count). The van der Waals surface area contributed by atoms with Gasteiger partial charge in [0.1, 0.15) is 5.76 Å². The van der Waals surface area contributed by atoms with Crippen LogP contribution in [0, 0.1) is 6.92 Å². The Balaban J connectivity index is 1.91. The van der Waals surface area contributed by atoms with Gasteiger partial charge in [0.15, 0.2) is 0 Å². The van der Waals surface area contributed by atoms with Crippen LogP contribution in [0.1, 0.15) is 26.3 Å². The smallest absolute Gasteiger partial charge is 0.266 e. The number of rotatable bonds is 2. The summed E-state index contributed by atoms with van der Waals surface area (Å²) in [5.41, 5.74) is 2.94. The number of hydrogen-bond acceptors (Lipinski definition) is 3. The summed E-state index contributed by atoms with van der Waals surface area (Å²) in [6.07, 6.45) is 1.55. The lowest BCUT2D eigenvalue weighted by Crippen LogP contribution is -2.30. The van der Waals surface area contributed by atoms with Gasteiger partial charge >= 0.3 is 0 Å². The Morgan fingerprint density at radius 1 is 0.826 bits per heavy atom. The van der Waals surface area contributed by atoms with E-state index in [1.807, 2.05) is 25.1 Å². The predicted molar refractivity (Wildman–Crippen MR) is 86.5 cm³/mol. The van der Waals surface area contributed by atoms with Gasteiger partial charge in [0.2, 0.25) is 0 Å². The number of carbonyl (C=O) groups is 2. The van der Waals surface area contributed by atoms with Crippen molar-refractivity contribution in [2.75, 3.05) is 4.90 Å². The highest BCUT2D eigenvalue weighted by Crippen LogP contribution is 2.36. The first kappa shape index (κ1) is 13.5. The van der Waals surface area contributed by atoms with Gasteiger partial charge in [0.25, 0.3) is 11.8 Å². The molecular formula is C19H13NO3. The molecule has 0 N–H and O–H groups in total. The molecule has 0 saturated carbocycles. The topological polar surface area (TPSA) is 50.5 Å². The van der Waals surface area contributed by atoms with E-state index in [2.05, 4.69) is 0 Å². The summed E-state index contributed by atoms with van der Waals surface area (Å²) in [5, 5.41) is 0. The summed E-state index contributed by atoms with van der Waals surface area (Å²) >= 11 is 0. The monoisotopic (exact) mass is 303 g/mol. The second kappa shape index (κ2) is 4.95. The average Bonchev–Trinajstić information content (AvgIpc) is 3.17. The molecule has 0 bridgehead atoms. The Labute approximate surface area is 133 Å². The molecule has 0 spiro atoms. The van der Waals surface area contributed by atoms with Crippen LogP contribution in [0.3, 0.4) is 0 Å². The minimum Gasteiger partial charge on any atom is -0.464 e. The number of furan rings is 1. The van der Waals surface area contributed by atoms with Gasteiger partial charge < -0.3 is 4.42 Å². The molecule has 0 radical (unpaired) electrons. The van der Waals surface area contributed by atoms with Gasteiger partial charge in [0, 0.05) is 5.56 Å². The average molecular weight is 303 g/mol. The van der Waals surface area contributed by atoms with Gasteiger partial charge in [-0.1, -0.05) is 30.3 Å². The molecule has 0 saturated heterocycles. The lowest BCUT2D eigenvalue weighted by Gasteiger charge is -2.16. The molecule has 112 valence electrons. The van der Waals surface area contributed by atoms with Gasteiger partial charge in [-0.05, 0) is 36.8 Å². The van der Waals surface area contributed by atoms with E-state index in [0.717, 1.165) is 5.56 Å². The maximum atomic E-state index is 12.9. The molecule has 0 atom stereocenters. The highest BCUT2D eigenvalue weighted by Gasteiger charge is 2.39. The van der Waals surface area contributed by atoms with Crippen LogP contribution in [0.2, 0.25) is 0 Å². The van der Waals surface area contributed by atoms with Crippen LogP contribution < -0.4 is 4.90 Å². The van der Waals surface area contributed by atoms with Gasteiger partial charge in [-0.25, -0.2) is 4.90 Å². The number of aryl methyl sites for hydroxylation is 1. The van der Waals surface area contributed by atoms with Crippen molar-refractivity contribution < 1.29 is 14.0 Å². The van der Waals surface area contributed by atoms with Gasteiger partial charge in [0.05, 0.1) is 23.1 Å². The van der Waals surface area contributed by atoms with Crippen molar-refractivity contribution in [2.24, 2.45) is 0 Å². The zero-order valence-corrected chi connectivity index (χ0v) is 12.4. The fourth-order valence-corrected chi connectivity index (χ4v) is 2.96. The summed E-state index contributed by atoms with van der Waals surface area (Å²) < 4.78 is 5.41. The van der Waals surface area contributed by atoms with E-state index >= 15 is 0 Å². The number of amides is 2. The molecule has 3 aromatic rings. The maximum Gasteiger partial charge on any atom is 0.266 e. The minimum atomic E-state index is -0.314. The van der Waals surface area contributed by atoms with Crippen molar-refractivity contribution >= 4 is 17.5 Å². The van der Waals surface area contributed by atoms with E-state index < -0.39 is 0 Å². The summed E-state index contributed by atoms with van der Waals surface area (Å²) in [6.45, 7) is 1.88. The highest BCUT2D eigenvalue weighted by molar-refractivity contribution is 6.36. The van der Waals surface area contributed by atoms with Crippen LogP contribution in [-0.2, 0) is 0 Å². The Kier molecular flexibility index (Phi) is 2.91. The molecule has 2 aromatic carbocycles. The van der Waals surface area contributed by atoms with Crippen molar-refractivity contribution in [3.8, 4) is 11.3 Å². The third-order valence-corrected chi connectivity index (χ3v) is 4.06. The minimum absolute atomic E-state index is 0.298. The van der Waals surface area contributed by atoms with E-state index in [4.69, 9.17) is 4.42 Å². The molecule has 2 heterocycles. The normalized spacial score (nSPS) is 13.5. The zero-order chi connectivity index (χ0) is 16.0. The molecule has 1 aliphatic heterocycles. The second-order valence-electron chi connectivity index (χ2n) is 5.44. The first-order valence-corrected chi connectivity index (χ1v) is 7.30. The van der Waals surface area contributed by atoms with Crippen molar-refractivity contribution in [3.05, 3.63) is 77.6 Å². The van der Waals surface area contributed by atoms with Crippen molar-refractivity contribution in [1.29, 1.82) is 0 Å². The van der Waals surface area contributed by atoms with Crippen molar-refractivity contribution in [1.82, 2.24) is 0 Å². The summed E-state index contributed by atoms with van der Waals surface area (Å²) in [6, 6.07) is 16.1. The number of fused-ring (bicyclic) bond motifs is 1. The molecule has 2 amide bonds. The van der Waals surface area contributed by atoms with E-state index in [-0.39, 0.29) is 11.8 Å². The Morgan fingerprint density at radius 3 is 2.35 bits per heavy atom. The van der Waals surface area contributed by atoms with E-state index in [0.29, 0.717) is 28.1 Å². The number of nitrogens with zero attached hydrogens (tertiary/aromatic N) is 1. The Hall–Kier alpha value is -3.14. The molecule has 4 heteroatoms. The Bertz CT molecular complexity index is 926. The number of benzene rings is 2. The standard InChI is InChI=1S/C19H13NO3/c1-12-6-2-3-9-15(12)20-18(21)14-8-4-7-13(17(14)19(20)22)16-10-5-11-23-16/h2-11H,1H3. The van der Waals surface area contributed by atoms with Crippen LogP contribution >= 0.6 is 0 Å². The second-order valence-corrected chi connectivity index (χ2v) is 5.44. The van der Waals surface area contributed by atoms with Crippen LogP contribution in [0.25, 0.3) is 11.3 Å². The molecule has 0 fully saturated rings. The predicted octanol–water partition coefficient (Wildman–Crippen LogP) is 4.06. The molecule has 1 aliphatic rings. The lowest BCUT2D eigenvalue weighted by atomic mass is 10.0. The molecule has 4 nitrogen and oxygen atoms in total. The largest absolute Gasteiger partial charge is 0.464 e. The quantitative estimate of drug-likeness (QED) is 0.671. The third kappa shape index (κ3) is 1.92. The van der Waals surface area contributed by atoms with E-state index in [1.54, 1.807) is 42.7 Å².